The minimum absolute atomic E-state index is 0.487. The standard InChI is InChI=1S/C15H22N4O/c1-13(2)16-11-19-10-9-18(12-19)8-7-14-3-5-15(17-20)6-4-14/h3-6,9-10,13,16H,7-8,11-12H2,1-2H3. The predicted molar refractivity (Wildman–Crippen MR) is 81.3 cm³/mol. The Kier molecular flexibility index (Phi) is 5.12. The van der Waals surface area contributed by atoms with Crippen LogP contribution < -0.4 is 5.32 Å². The minimum atomic E-state index is 0.487. The van der Waals surface area contributed by atoms with E-state index in [1.54, 1.807) is 12.1 Å². The molecule has 0 amide bonds. The van der Waals surface area contributed by atoms with Gasteiger partial charge in [-0.2, -0.15) is 0 Å². The van der Waals surface area contributed by atoms with Crippen molar-refractivity contribution in [2.75, 3.05) is 19.9 Å². The Labute approximate surface area is 120 Å². The van der Waals surface area contributed by atoms with Gasteiger partial charge in [-0.3, -0.25) is 5.32 Å². The van der Waals surface area contributed by atoms with Gasteiger partial charge in [-0.1, -0.05) is 12.1 Å². The molecule has 108 valence electrons. The third-order valence-corrected chi connectivity index (χ3v) is 3.28. The quantitative estimate of drug-likeness (QED) is 0.776. The molecule has 0 saturated heterocycles. The zero-order chi connectivity index (χ0) is 14.4. The number of rotatable bonds is 7. The SMILES string of the molecule is CC(C)NCN1C=CN(CCc2ccc(N=O)cc2)C1. The number of nitroso groups, excluding NO2 is 1. The number of hydrogen-bond donors (Lipinski definition) is 1. The van der Waals surface area contributed by atoms with Crippen LogP contribution in [0.25, 0.3) is 0 Å². The maximum absolute atomic E-state index is 10.4. The van der Waals surface area contributed by atoms with E-state index in [1.807, 2.05) is 12.1 Å². The first kappa shape index (κ1) is 14.5. The maximum atomic E-state index is 10.4. The van der Waals surface area contributed by atoms with Crippen molar-refractivity contribution >= 4 is 5.69 Å². The fourth-order valence-corrected chi connectivity index (χ4v) is 2.06. The highest BCUT2D eigenvalue weighted by molar-refractivity contribution is 5.38. The summed E-state index contributed by atoms with van der Waals surface area (Å²) in [5.41, 5.74) is 1.71. The number of benzene rings is 1. The van der Waals surface area contributed by atoms with Crippen LogP contribution in [0.15, 0.2) is 41.8 Å². The van der Waals surface area contributed by atoms with Gasteiger partial charge < -0.3 is 9.80 Å². The Morgan fingerprint density at radius 3 is 2.55 bits per heavy atom. The first-order chi connectivity index (χ1) is 9.67. The van der Waals surface area contributed by atoms with Crippen LogP contribution >= 0.6 is 0 Å². The summed E-state index contributed by atoms with van der Waals surface area (Å²) >= 11 is 0. The van der Waals surface area contributed by atoms with Crippen LogP contribution in [0, 0.1) is 4.91 Å². The second-order valence-corrected chi connectivity index (χ2v) is 5.37. The highest BCUT2D eigenvalue weighted by atomic mass is 16.3. The van der Waals surface area contributed by atoms with Crippen molar-refractivity contribution in [1.29, 1.82) is 0 Å². The molecular formula is C15H22N4O. The van der Waals surface area contributed by atoms with E-state index in [9.17, 15) is 4.91 Å². The van der Waals surface area contributed by atoms with E-state index in [1.165, 1.54) is 5.56 Å². The smallest absolute Gasteiger partial charge is 0.108 e. The average molecular weight is 274 g/mol. The van der Waals surface area contributed by atoms with E-state index in [4.69, 9.17) is 0 Å². The van der Waals surface area contributed by atoms with Crippen molar-refractivity contribution in [3.8, 4) is 0 Å². The van der Waals surface area contributed by atoms with E-state index in [-0.39, 0.29) is 0 Å². The van der Waals surface area contributed by atoms with Crippen LogP contribution in [-0.2, 0) is 6.42 Å². The van der Waals surface area contributed by atoms with Crippen LogP contribution in [-0.4, -0.2) is 35.7 Å². The summed E-state index contributed by atoms with van der Waals surface area (Å²) in [5, 5.41) is 6.31. The minimum Gasteiger partial charge on any atom is -0.358 e. The zero-order valence-corrected chi connectivity index (χ0v) is 12.1. The lowest BCUT2D eigenvalue weighted by molar-refractivity contribution is 0.248. The summed E-state index contributed by atoms with van der Waals surface area (Å²) in [5.74, 6) is 0. The van der Waals surface area contributed by atoms with E-state index in [0.29, 0.717) is 11.7 Å². The van der Waals surface area contributed by atoms with Gasteiger partial charge >= 0.3 is 0 Å². The Balaban J connectivity index is 1.72. The lowest BCUT2D eigenvalue weighted by atomic mass is 10.1. The van der Waals surface area contributed by atoms with Crippen LogP contribution in [0.5, 0.6) is 0 Å². The predicted octanol–water partition coefficient (Wildman–Crippen LogP) is 2.63. The highest BCUT2D eigenvalue weighted by Crippen LogP contribution is 2.13. The van der Waals surface area contributed by atoms with Gasteiger partial charge in [0.2, 0.25) is 0 Å². The Hall–Kier alpha value is -1.88. The number of nitrogens with one attached hydrogen (secondary N) is 1. The van der Waals surface area contributed by atoms with E-state index in [0.717, 1.165) is 26.3 Å². The second kappa shape index (κ2) is 7.05. The van der Waals surface area contributed by atoms with Gasteiger partial charge in [-0.15, -0.1) is 4.91 Å². The molecular weight excluding hydrogens is 252 g/mol. The molecule has 0 aromatic heterocycles. The Morgan fingerprint density at radius 2 is 1.90 bits per heavy atom. The molecule has 2 rings (SSSR count). The summed E-state index contributed by atoms with van der Waals surface area (Å²) in [6.07, 6.45) is 5.22. The molecule has 0 atom stereocenters. The molecule has 5 nitrogen and oxygen atoms in total. The van der Waals surface area contributed by atoms with Gasteiger partial charge in [0.15, 0.2) is 0 Å². The van der Waals surface area contributed by atoms with Gasteiger partial charge in [0.25, 0.3) is 0 Å². The lowest BCUT2D eigenvalue weighted by Crippen LogP contribution is -2.36. The summed E-state index contributed by atoms with van der Waals surface area (Å²) in [6.45, 7) is 7.07. The van der Waals surface area contributed by atoms with E-state index in [2.05, 4.69) is 46.5 Å². The third-order valence-electron chi connectivity index (χ3n) is 3.28. The van der Waals surface area contributed by atoms with Gasteiger partial charge in [-0.05, 0) is 43.1 Å². The molecule has 0 bridgehead atoms. The van der Waals surface area contributed by atoms with E-state index < -0.39 is 0 Å². The zero-order valence-electron chi connectivity index (χ0n) is 12.1. The van der Waals surface area contributed by atoms with Crippen molar-refractivity contribution in [2.45, 2.75) is 26.3 Å². The monoisotopic (exact) mass is 274 g/mol. The number of hydrogen-bond acceptors (Lipinski definition) is 5. The van der Waals surface area contributed by atoms with Gasteiger partial charge in [0.1, 0.15) is 5.69 Å². The molecule has 0 aliphatic carbocycles. The average Bonchev–Trinajstić information content (AvgIpc) is 2.91. The lowest BCUT2D eigenvalue weighted by Gasteiger charge is -2.22. The van der Waals surface area contributed by atoms with Crippen molar-refractivity contribution in [3.63, 3.8) is 0 Å². The molecule has 0 radical (unpaired) electrons. The summed E-state index contributed by atoms with van der Waals surface area (Å²) in [7, 11) is 0. The number of nitrogens with zero attached hydrogens (tertiary/aromatic N) is 3. The highest BCUT2D eigenvalue weighted by Gasteiger charge is 2.11. The largest absolute Gasteiger partial charge is 0.358 e. The van der Waals surface area contributed by atoms with Crippen molar-refractivity contribution in [1.82, 2.24) is 15.1 Å². The molecule has 1 aromatic carbocycles. The molecule has 20 heavy (non-hydrogen) atoms. The Morgan fingerprint density at radius 1 is 1.20 bits per heavy atom. The van der Waals surface area contributed by atoms with Crippen LogP contribution in [0.2, 0.25) is 0 Å². The molecule has 1 aliphatic heterocycles. The van der Waals surface area contributed by atoms with Crippen molar-refractivity contribution in [2.24, 2.45) is 5.18 Å². The van der Waals surface area contributed by atoms with Crippen molar-refractivity contribution in [3.05, 3.63) is 47.1 Å². The molecule has 1 aliphatic rings. The van der Waals surface area contributed by atoms with Gasteiger partial charge in [0.05, 0.1) is 13.3 Å². The Bertz CT molecular complexity index is 455. The molecule has 1 aromatic rings. The van der Waals surface area contributed by atoms with Gasteiger partial charge in [-0.25, -0.2) is 0 Å². The molecule has 0 spiro atoms. The third kappa shape index (κ3) is 4.35. The second-order valence-electron chi connectivity index (χ2n) is 5.37. The van der Waals surface area contributed by atoms with Crippen LogP contribution in [0.1, 0.15) is 19.4 Å². The molecule has 1 heterocycles. The molecule has 1 N–H and O–H groups in total. The normalized spacial score (nSPS) is 14.3. The fraction of sp³-hybridized carbons (Fsp3) is 0.467. The fourth-order valence-electron chi connectivity index (χ4n) is 2.06. The molecule has 0 unspecified atom stereocenters. The molecule has 5 heteroatoms. The first-order valence-corrected chi connectivity index (χ1v) is 6.99. The first-order valence-electron chi connectivity index (χ1n) is 6.99. The van der Waals surface area contributed by atoms with Crippen molar-refractivity contribution < 1.29 is 0 Å². The van der Waals surface area contributed by atoms with E-state index >= 15 is 0 Å². The molecule has 0 fully saturated rings. The summed E-state index contributed by atoms with van der Waals surface area (Å²) in [4.78, 5) is 14.9. The van der Waals surface area contributed by atoms with Crippen LogP contribution in [0.3, 0.4) is 0 Å². The van der Waals surface area contributed by atoms with Gasteiger partial charge in [0, 0.05) is 25.0 Å². The molecule has 0 saturated carbocycles. The topological polar surface area (TPSA) is 47.9 Å². The summed E-state index contributed by atoms with van der Waals surface area (Å²) in [6, 6.07) is 7.97. The van der Waals surface area contributed by atoms with Crippen LogP contribution in [0.4, 0.5) is 5.69 Å². The summed E-state index contributed by atoms with van der Waals surface area (Å²) < 4.78 is 0. The maximum Gasteiger partial charge on any atom is 0.108 e.